The Bertz CT molecular complexity index is 599. The highest BCUT2D eigenvalue weighted by Gasteiger charge is 2.06. The van der Waals surface area contributed by atoms with E-state index in [1.54, 1.807) is 0 Å². The molecule has 1 rings (SSSR count). The van der Waals surface area contributed by atoms with E-state index < -0.39 is 0 Å². The molecule has 0 saturated carbocycles. The highest BCUT2D eigenvalue weighted by molar-refractivity contribution is 5.80. The lowest BCUT2D eigenvalue weighted by Gasteiger charge is -2.07. The van der Waals surface area contributed by atoms with Crippen molar-refractivity contribution in [3.8, 4) is 0 Å². The van der Waals surface area contributed by atoms with E-state index in [0.29, 0.717) is 25.4 Å². The third-order valence-corrected chi connectivity index (χ3v) is 5.62. The number of hydrogen-bond donors (Lipinski definition) is 2. The molecule has 5 heteroatoms. The summed E-state index contributed by atoms with van der Waals surface area (Å²) in [6, 6.07) is 8.04. The normalized spacial score (nSPS) is 11.1. The average molecular weight is 433 g/mol. The topological polar surface area (TPSA) is 81.4 Å². The number of ether oxygens (including phenoxy) is 1. The lowest BCUT2D eigenvalue weighted by atomic mass is 10.0. The number of carbonyl (C=O) groups is 2. The molecule has 0 saturated heterocycles. The van der Waals surface area contributed by atoms with Gasteiger partial charge in [0.15, 0.2) is 0 Å². The molecule has 0 heterocycles. The van der Waals surface area contributed by atoms with Crippen LogP contribution >= 0.6 is 0 Å². The van der Waals surface area contributed by atoms with Gasteiger partial charge in [0.2, 0.25) is 5.91 Å². The molecule has 176 valence electrons. The van der Waals surface area contributed by atoms with Gasteiger partial charge in [-0.05, 0) is 24.0 Å². The van der Waals surface area contributed by atoms with Gasteiger partial charge >= 0.3 is 0 Å². The number of carbonyl (C=O) groups excluding carboxylic acids is 2. The van der Waals surface area contributed by atoms with Crippen LogP contribution in [0.25, 0.3) is 0 Å². The fourth-order valence-corrected chi connectivity index (χ4v) is 3.51. The van der Waals surface area contributed by atoms with Crippen molar-refractivity contribution in [3.63, 3.8) is 0 Å². The van der Waals surface area contributed by atoms with Crippen LogP contribution in [0.15, 0.2) is 24.3 Å². The minimum Gasteiger partial charge on any atom is -0.362 e. The largest absolute Gasteiger partial charge is 0.362 e. The first kappa shape index (κ1) is 27.3. The molecule has 31 heavy (non-hydrogen) atoms. The van der Waals surface area contributed by atoms with Crippen molar-refractivity contribution in [2.45, 2.75) is 104 Å². The van der Waals surface area contributed by atoms with Crippen molar-refractivity contribution >= 4 is 11.7 Å². The lowest BCUT2D eigenvalue weighted by Crippen LogP contribution is -2.22. The number of nitrogens with one attached hydrogen (secondary N) is 1. The molecule has 0 aromatic heterocycles. The summed E-state index contributed by atoms with van der Waals surface area (Å²) in [5, 5.41) is 3.00. The van der Waals surface area contributed by atoms with Crippen molar-refractivity contribution in [1.82, 2.24) is 5.32 Å². The summed E-state index contributed by atoms with van der Waals surface area (Å²) < 4.78 is 5.17. The van der Waals surface area contributed by atoms with Gasteiger partial charge in [-0.3, -0.25) is 9.59 Å². The van der Waals surface area contributed by atoms with Crippen LogP contribution in [-0.4, -0.2) is 18.4 Å². The number of ketones is 1. The zero-order valence-electron chi connectivity index (χ0n) is 19.8. The first-order chi connectivity index (χ1) is 15.0. The molecule has 0 radical (unpaired) electrons. The standard InChI is InChI=1S/C26H44N2O3/c1-22(2)25(29)13-11-9-7-5-3-4-6-8-10-12-14-26(30)28-19-23-15-17-24(18-16-23)20-31-21-27/h15-18,22H,3-14,19-21,27H2,1-2H3,(H,28,30). The molecule has 0 aliphatic heterocycles. The number of amides is 1. The highest BCUT2D eigenvalue weighted by Crippen LogP contribution is 2.13. The number of Topliss-reactive ketones (excluding diaryl/α,β-unsaturated/α-hetero) is 1. The highest BCUT2D eigenvalue weighted by atomic mass is 16.5. The SMILES string of the molecule is CC(C)C(=O)CCCCCCCCCCCCC(=O)NCc1ccc(COCN)cc1. The number of hydrogen-bond acceptors (Lipinski definition) is 4. The maximum atomic E-state index is 12.0. The molecular weight excluding hydrogens is 388 g/mol. The third-order valence-electron chi connectivity index (χ3n) is 5.62. The van der Waals surface area contributed by atoms with Gasteiger partial charge in [-0.25, -0.2) is 0 Å². The summed E-state index contributed by atoms with van der Waals surface area (Å²) >= 11 is 0. The second-order valence-corrected chi connectivity index (χ2v) is 8.76. The Morgan fingerprint density at radius 2 is 1.29 bits per heavy atom. The fraction of sp³-hybridized carbons (Fsp3) is 0.692. The molecule has 5 nitrogen and oxygen atoms in total. The lowest BCUT2D eigenvalue weighted by molar-refractivity contribution is -0.122. The van der Waals surface area contributed by atoms with Gasteiger partial charge in [-0.1, -0.05) is 89.5 Å². The van der Waals surface area contributed by atoms with E-state index in [0.717, 1.165) is 36.8 Å². The zero-order valence-corrected chi connectivity index (χ0v) is 19.8. The summed E-state index contributed by atoms with van der Waals surface area (Å²) in [6.45, 7) is 5.28. The van der Waals surface area contributed by atoms with Gasteiger partial charge in [0.25, 0.3) is 0 Å². The molecule has 3 N–H and O–H groups in total. The monoisotopic (exact) mass is 432 g/mol. The molecule has 0 unspecified atom stereocenters. The van der Waals surface area contributed by atoms with Crippen LogP contribution in [-0.2, 0) is 27.5 Å². The number of nitrogens with two attached hydrogens (primary N) is 1. The maximum Gasteiger partial charge on any atom is 0.220 e. The van der Waals surface area contributed by atoms with Gasteiger partial charge < -0.3 is 15.8 Å². The molecule has 1 amide bonds. The molecule has 1 aromatic rings. The van der Waals surface area contributed by atoms with Crippen molar-refractivity contribution in [1.29, 1.82) is 0 Å². The van der Waals surface area contributed by atoms with Gasteiger partial charge in [-0.2, -0.15) is 0 Å². The molecule has 0 aliphatic rings. The van der Waals surface area contributed by atoms with E-state index in [9.17, 15) is 9.59 Å². The van der Waals surface area contributed by atoms with Crippen LogP contribution in [0.5, 0.6) is 0 Å². The fourth-order valence-electron chi connectivity index (χ4n) is 3.51. The molecule has 0 atom stereocenters. The number of unbranched alkanes of at least 4 members (excludes halogenated alkanes) is 9. The Kier molecular flexibility index (Phi) is 15.8. The van der Waals surface area contributed by atoms with Crippen LogP contribution in [0.2, 0.25) is 0 Å². The van der Waals surface area contributed by atoms with E-state index in [1.807, 2.05) is 38.1 Å². The summed E-state index contributed by atoms with van der Waals surface area (Å²) in [5.41, 5.74) is 7.50. The summed E-state index contributed by atoms with van der Waals surface area (Å²) in [7, 11) is 0. The number of rotatable bonds is 19. The van der Waals surface area contributed by atoms with E-state index in [-0.39, 0.29) is 18.6 Å². The van der Waals surface area contributed by atoms with Crippen LogP contribution in [0, 0.1) is 5.92 Å². The minimum atomic E-state index is 0.131. The smallest absolute Gasteiger partial charge is 0.220 e. The second-order valence-electron chi connectivity index (χ2n) is 8.76. The molecule has 0 spiro atoms. The van der Waals surface area contributed by atoms with Crippen LogP contribution in [0.1, 0.15) is 102 Å². The minimum absolute atomic E-state index is 0.131. The van der Waals surface area contributed by atoms with E-state index >= 15 is 0 Å². The predicted molar refractivity (Wildman–Crippen MR) is 127 cm³/mol. The Balaban J connectivity index is 1.91. The van der Waals surface area contributed by atoms with Gasteiger partial charge in [-0.15, -0.1) is 0 Å². The van der Waals surface area contributed by atoms with Gasteiger partial charge in [0.1, 0.15) is 5.78 Å². The van der Waals surface area contributed by atoms with Crippen molar-refractivity contribution < 1.29 is 14.3 Å². The second kappa shape index (κ2) is 17.9. The Labute approximate surface area is 189 Å². The van der Waals surface area contributed by atoms with Gasteiger partial charge in [0, 0.05) is 25.3 Å². The first-order valence-corrected chi connectivity index (χ1v) is 12.2. The first-order valence-electron chi connectivity index (χ1n) is 12.2. The zero-order chi connectivity index (χ0) is 22.7. The Hall–Kier alpha value is -1.72. The third kappa shape index (κ3) is 14.8. The van der Waals surface area contributed by atoms with Crippen molar-refractivity contribution in [2.24, 2.45) is 11.7 Å². The summed E-state index contributed by atoms with van der Waals surface area (Å²) in [5.74, 6) is 0.717. The molecule has 0 aliphatic carbocycles. The Morgan fingerprint density at radius 3 is 1.81 bits per heavy atom. The van der Waals surface area contributed by atoms with Crippen LogP contribution < -0.4 is 11.1 Å². The quantitative estimate of drug-likeness (QED) is 0.219. The van der Waals surface area contributed by atoms with Crippen molar-refractivity contribution in [2.75, 3.05) is 6.73 Å². The Morgan fingerprint density at radius 1 is 0.806 bits per heavy atom. The van der Waals surface area contributed by atoms with Gasteiger partial charge in [0.05, 0.1) is 13.3 Å². The summed E-state index contributed by atoms with van der Waals surface area (Å²) in [4.78, 5) is 23.6. The molecule has 0 bridgehead atoms. The molecule has 0 fully saturated rings. The summed E-state index contributed by atoms with van der Waals surface area (Å²) in [6.07, 6.45) is 13.2. The average Bonchev–Trinajstić information content (AvgIpc) is 2.77. The molecular formula is C26H44N2O3. The van der Waals surface area contributed by atoms with E-state index in [2.05, 4.69) is 5.32 Å². The van der Waals surface area contributed by atoms with E-state index in [1.165, 1.54) is 44.9 Å². The molecule has 1 aromatic carbocycles. The van der Waals surface area contributed by atoms with Crippen LogP contribution in [0.4, 0.5) is 0 Å². The number of benzene rings is 1. The van der Waals surface area contributed by atoms with E-state index in [4.69, 9.17) is 10.5 Å². The van der Waals surface area contributed by atoms with Crippen molar-refractivity contribution in [3.05, 3.63) is 35.4 Å². The maximum absolute atomic E-state index is 12.0. The van der Waals surface area contributed by atoms with Crippen LogP contribution in [0.3, 0.4) is 0 Å². The predicted octanol–water partition coefficient (Wildman–Crippen LogP) is 5.64.